The van der Waals surface area contributed by atoms with Gasteiger partial charge in [0.1, 0.15) is 6.61 Å². The van der Waals surface area contributed by atoms with E-state index in [1.54, 1.807) is 12.1 Å². The first-order valence-corrected chi connectivity index (χ1v) is 8.14. The summed E-state index contributed by atoms with van der Waals surface area (Å²) in [5.41, 5.74) is 3.65. The predicted octanol–water partition coefficient (Wildman–Crippen LogP) is 3.18. The molecule has 1 fully saturated rings. The molecule has 2 aromatic carbocycles. The minimum atomic E-state index is -0.673. The summed E-state index contributed by atoms with van der Waals surface area (Å²) in [4.78, 5) is 22.4. The molecular formula is C20H20O4. The van der Waals surface area contributed by atoms with E-state index in [0.717, 1.165) is 30.4 Å². The molecule has 4 heteroatoms. The zero-order chi connectivity index (χ0) is 17.1. The van der Waals surface area contributed by atoms with Crippen molar-refractivity contribution in [3.63, 3.8) is 0 Å². The molecule has 0 saturated heterocycles. The molecule has 124 valence electrons. The van der Waals surface area contributed by atoms with E-state index in [4.69, 9.17) is 10.2 Å². The highest BCUT2D eigenvalue weighted by molar-refractivity contribution is 5.98. The molecule has 2 unspecified atom stereocenters. The van der Waals surface area contributed by atoms with Crippen LogP contribution in [0.15, 0.2) is 48.5 Å². The van der Waals surface area contributed by atoms with Gasteiger partial charge >= 0.3 is 5.97 Å². The third kappa shape index (κ3) is 3.71. The number of hydrogen-bond donors (Lipinski definition) is 2. The van der Waals surface area contributed by atoms with Gasteiger partial charge in [-0.3, -0.25) is 9.59 Å². The summed E-state index contributed by atoms with van der Waals surface area (Å²) >= 11 is 0. The minimum Gasteiger partial charge on any atom is -0.481 e. The highest BCUT2D eigenvalue weighted by Crippen LogP contribution is 2.42. The largest absolute Gasteiger partial charge is 0.481 e. The molecule has 1 saturated carbocycles. The predicted molar refractivity (Wildman–Crippen MR) is 90.8 cm³/mol. The number of aliphatic hydroxyl groups excluding tert-OH is 1. The normalized spacial score (nSPS) is 19.0. The topological polar surface area (TPSA) is 74.6 Å². The van der Waals surface area contributed by atoms with Crippen LogP contribution >= 0.6 is 0 Å². The van der Waals surface area contributed by atoms with Crippen LogP contribution in [0.2, 0.25) is 0 Å². The molecule has 4 nitrogen and oxygen atoms in total. The second kappa shape index (κ2) is 6.97. The highest BCUT2D eigenvalue weighted by atomic mass is 16.4. The number of carboxylic acids is 1. The van der Waals surface area contributed by atoms with Crippen molar-refractivity contribution in [2.24, 2.45) is 11.8 Å². The molecule has 2 N–H and O–H groups in total. The average molecular weight is 324 g/mol. The lowest BCUT2D eigenvalue weighted by Gasteiger charge is -2.06. The molecule has 0 bridgehead atoms. The minimum absolute atomic E-state index is 0.143. The molecule has 1 aliphatic carbocycles. The number of carbonyl (C=O) groups is 2. The second-order valence-corrected chi connectivity index (χ2v) is 6.34. The molecule has 1 aliphatic rings. The molecule has 24 heavy (non-hydrogen) atoms. The molecule has 0 amide bonds. The molecule has 0 aliphatic heterocycles. The Balaban J connectivity index is 1.64. The van der Waals surface area contributed by atoms with Crippen LogP contribution in [0.1, 0.15) is 28.8 Å². The maximum Gasteiger partial charge on any atom is 0.306 e. The van der Waals surface area contributed by atoms with Gasteiger partial charge in [0.2, 0.25) is 0 Å². The Bertz CT molecular complexity index is 748. The summed E-state index contributed by atoms with van der Waals surface area (Å²) in [6.07, 6.45) is 2.60. The molecule has 0 spiro atoms. The molecule has 0 radical (unpaired) electrons. The zero-order valence-corrected chi connectivity index (χ0v) is 13.3. The number of aliphatic hydroxyl groups is 1. The summed E-state index contributed by atoms with van der Waals surface area (Å²) in [5.74, 6) is -0.780. The van der Waals surface area contributed by atoms with Crippen LogP contribution in [-0.4, -0.2) is 28.6 Å². The average Bonchev–Trinajstić information content (AvgIpc) is 3.40. The Morgan fingerprint density at radius 2 is 1.79 bits per heavy atom. The lowest BCUT2D eigenvalue weighted by molar-refractivity contribution is -0.138. The van der Waals surface area contributed by atoms with Gasteiger partial charge in [-0.25, -0.2) is 0 Å². The summed E-state index contributed by atoms with van der Waals surface area (Å²) in [6.45, 7) is -0.485. The fourth-order valence-corrected chi connectivity index (χ4v) is 3.05. The smallest absolute Gasteiger partial charge is 0.306 e. The van der Waals surface area contributed by atoms with Crippen LogP contribution in [-0.2, 0) is 11.2 Å². The van der Waals surface area contributed by atoms with E-state index in [0.29, 0.717) is 11.5 Å². The maximum absolute atomic E-state index is 11.6. The fourth-order valence-electron chi connectivity index (χ4n) is 3.05. The number of hydrogen-bond acceptors (Lipinski definition) is 3. The molecule has 0 heterocycles. The van der Waals surface area contributed by atoms with Gasteiger partial charge in [-0.05, 0) is 47.9 Å². The van der Waals surface area contributed by atoms with Gasteiger partial charge in [0.25, 0.3) is 0 Å². The van der Waals surface area contributed by atoms with Crippen LogP contribution < -0.4 is 0 Å². The summed E-state index contributed by atoms with van der Waals surface area (Å²) in [7, 11) is 0. The van der Waals surface area contributed by atoms with Crippen molar-refractivity contribution < 1.29 is 19.8 Å². The van der Waals surface area contributed by atoms with Crippen molar-refractivity contribution in [1.82, 2.24) is 0 Å². The zero-order valence-electron chi connectivity index (χ0n) is 13.3. The molecule has 3 rings (SSSR count). The van der Waals surface area contributed by atoms with Crippen molar-refractivity contribution in [3.8, 4) is 11.1 Å². The molecule has 2 aromatic rings. The Labute approximate surface area is 140 Å². The number of aliphatic carboxylic acids is 1. The number of rotatable bonds is 7. The van der Waals surface area contributed by atoms with E-state index < -0.39 is 12.6 Å². The number of aryl methyl sites for hydroxylation is 1. The summed E-state index contributed by atoms with van der Waals surface area (Å²) in [6, 6.07) is 15.4. The van der Waals surface area contributed by atoms with Crippen LogP contribution in [0.3, 0.4) is 0 Å². The highest BCUT2D eigenvalue weighted by Gasteiger charge is 2.42. The fraction of sp³-hybridized carbons (Fsp3) is 0.300. The second-order valence-electron chi connectivity index (χ2n) is 6.34. The first-order valence-electron chi connectivity index (χ1n) is 8.14. The lowest BCUT2D eigenvalue weighted by Crippen LogP contribution is -2.03. The van der Waals surface area contributed by atoms with Crippen LogP contribution in [0, 0.1) is 11.8 Å². The van der Waals surface area contributed by atoms with Crippen LogP contribution in [0.25, 0.3) is 11.1 Å². The van der Waals surface area contributed by atoms with Gasteiger partial charge < -0.3 is 10.2 Å². The van der Waals surface area contributed by atoms with Gasteiger partial charge in [0.05, 0.1) is 5.92 Å². The van der Waals surface area contributed by atoms with Gasteiger partial charge in [0, 0.05) is 5.56 Å². The number of carbonyl (C=O) groups excluding carboxylic acids is 1. The van der Waals surface area contributed by atoms with Crippen molar-refractivity contribution in [3.05, 3.63) is 59.7 Å². The van der Waals surface area contributed by atoms with E-state index in [1.807, 2.05) is 36.4 Å². The van der Waals surface area contributed by atoms with Crippen molar-refractivity contribution in [2.45, 2.75) is 19.3 Å². The number of ketones is 1. The third-order valence-corrected chi connectivity index (χ3v) is 4.66. The first kappa shape index (κ1) is 16.4. The van der Waals surface area contributed by atoms with Gasteiger partial charge in [0.15, 0.2) is 5.78 Å². The monoisotopic (exact) mass is 324 g/mol. The number of carboxylic acid groups (broad SMARTS) is 1. The van der Waals surface area contributed by atoms with Crippen molar-refractivity contribution in [1.29, 1.82) is 0 Å². The molecule has 0 aromatic heterocycles. The van der Waals surface area contributed by atoms with E-state index in [9.17, 15) is 9.59 Å². The maximum atomic E-state index is 11.6. The van der Waals surface area contributed by atoms with E-state index in [2.05, 4.69) is 0 Å². The standard InChI is InChI=1S/C20H20O4/c21-12-19(22)17-3-1-2-15(10-17)14-7-4-13(5-8-14)6-9-16-11-18(16)20(23)24/h1-5,7-8,10,16,18,21H,6,9,11-12H2,(H,23,24). The molecule has 2 atom stereocenters. The molecular weight excluding hydrogens is 304 g/mol. The summed E-state index contributed by atoms with van der Waals surface area (Å²) < 4.78 is 0. The van der Waals surface area contributed by atoms with E-state index in [-0.39, 0.29) is 11.7 Å². The van der Waals surface area contributed by atoms with Gasteiger partial charge in [-0.1, -0.05) is 42.5 Å². The van der Waals surface area contributed by atoms with Crippen LogP contribution in [0.5, 0.6) is 0 Å². The van der Waals surface area contributed by atoms with Crippen molar-refractivity contribution >= 4 is 11.8 Å². The Morgan fingerprint density at radius 1 is 1.04 bits per heavy atom. The SMILES string of the molecule is O=C(CO)c1cccc(-c2ccc(CCC3CC3C(=O)O)cc2)c1. The van der Waals surface area contributed by atoms with Crippen molar-refractivity contribution in [2.75, 3.05) is 6.61 Å². The van der Waals surface area contributed by atoms with E-state index in [1.165, 1.54) is 5.56 Å². The third-order valence-electron chi connectivity index (χ3n) is 4.66. The first-order chi connectivity index (χ1) is 11.6. The van der Waals surface area contributed by atoms with Gasteiger partial charge in [-0.15, -0.1) is 0 Å². The Hall–Kier alpha value is -2.46. The number of benzene rings is 2. The Morgan fingerprint density at radius 3 is 2.42 bits per heavy atom. The van der Waals surface area contributed by atoms with Crippen LogP contribution in [0.4, 0.5) is 0 Å². The van der Waals surface area contributed by atoms with Gasteiger partial charge in [-0.2, -0.15) is 0 Å². The lowest BCUT2D eigenvalue weighted by atomic mass is 9.99. The Kier molecular flexibility index (Phi) is 4.76. The summed E-state index contributed by atoms with van der Waals surface area (Å²) in [5, 5.41) is 17.9. The quantitative estimate of drug-likeness (QED) is 0.767. The van der Waals surface area contributed by atoms with E-state index >= 15 is 0 Å². The number of Topliss-reactive ketones (excluding diaryl/α,β-unsaturated/α-hetero) is 1.